The van der Waals surface area contributed by atoms with Crippen molar-refractivity contribution in [3.63, 3.8) is 0 Å². The molecule has 174 valence electrons. The van der Waals surface area contributed by atoms with Crippen LogP contribution in [0.3, 0.4) is 0 Å². The SMILES string of the molecule is CN(Cc1ccccc1C(F)(F)F)C(=O)c1ccccc1SCc1nnnn1-c1ccccc1. The number of nitrogens with zero attached hydrogens (tertiary/aromatic N) is 5. The summed E-state index contributed by atoms with van der Waals surface area (Å²) in [7, 11) is 1.49. The second kappa shape index (κ2) is 10.1. The van der Waals surface area contributed by atoms with E-state index in [0.29, 0.717) is 22.0 Å². The van der Waals surface area contributed by atoms with Crippen molar-refractivity contribution < 1.29 is 18.0 Å². The first-order valence-corrected chi connectivity index (χ1v) is 11.3. The molecule has 0 spiro atoms. The normalized spacial score (nSPS) is 11.4. The summed E-state index contributed by atoms with van der Waals surface area (Å²) in [6.07, 6.45) is -4.49. The average molecular weight is 484 g/mol. The van der Waals surface area contributed by atoms with Gasteiger partial charge in [-0.1, -0.05) is 48.5 Å². The van der Waals surface area contributed by atoms with Crippen LogP contribution in [0.25, 0.3) is 5.69 Å². The average Bonchev–Trinajstić information content (AvgIpc) is 3.31. The molecule has 0 unspecified atom stereocenters. The predicted molar refractivity (Wildman–Crippen MR) is 122 cm³/mol. The monoisotopic (exact) mass is 483 g/mol. The lowest BCUT2D eigenvalue weighted by molar-refractivity contribution is -0.138. The summed E-state index contributed by atoms with van der Waals surface area (Å²) < 4.78 is 41.7. The number of halogens is 3. The van der Waals surface area contributed by atoms with Gasteiger partial charge in [0, 0.05) is 18.5 Å². The molecular weight excluding hydrogens is 463 g/mol. The number of tetrazole rings is 1. The first kappa shape index (κ1) is 23.5. The van der Waals surface area contributed by atoms with Crippen molar-refractivity contribution in [3.8, 4) is 5.69 Å². The molecule has 3 aromatic carbocycles. The van der Waals surface area contributed by atoms with E-state index in [1.807, 2.05) is 30.3 Å². The number of benzene rings is 3. The molecule has 1 amide bonds. The molecule has 0 aliphatic heterocycles. The van der Waals surface area contributed by atoms with Crippen molar-refractivity contribution in [1.29, 1.82) is 0 Å². The molecule has 0 bridgehead atoms. The second-order valence-corrected chi connectivity index (χ2v) is 8.46. The summed E-state index contributed by atoms with van der Waals surface area (Å²) in [5, 5.41) is 11.9. The molecule has 10 heteroatoms. The highest BCUT2D eigenvalue weighted by Crippen LogP contribution is 2.33. The quantitative estimate of drug-likeness (QED) is 0.336. The molecule has 1 heterocycles. The Hall–Kier alpha value is -3.66. The Balaban J connectivity index is 1.51. The van der Waals surface area contributed by atoms with E-state index in [4.69, 9.17) is 0 Å². The Morgan fingerprint density at radius 1 is 0.971 bits per heavy atom. The smallest absolute Gasteiger partial charge is 0.337 e. The van der Waals surface area contributed by atoms with E-state index in [-0.39, 0.29) is 18.0 Å². The molecule has 0 atom stereocenters. The third kappa shape index (κ3) is 5.28. The number of amides is 1. The van der Waals surface area contributed by atoms with Crippen LogP contribution in [0.2, 0.25) is 0 Å². The lowest BCUT2D eigenvalue weighted by Gasteiger charge is -2.21. The van der Waals surface area contributed by atoms with Crippen molar-refractivity contribution in [1.82, 2.24) is 25.1 Å². The number of thioether (sulfide) groups is 1. The van der Waals surface area contributed by atoms with Crippen molar-refractivity contribution in [2.45, 2.75) is 23.4 Å². The van der Waals surface area contributed by atoms with Gasteiger partial charge in [-0.25, -0.2) is 0 Å². The molecule has 6 nitrogen and oxygen atoms in total. The summed E-state index contributed by atoms with van der Waals surface area (Å²) in [5.74, 6) is 0.626. The first-order chi connectivity index (χ1) is 16.3. The van der Waals surface area contributed by atoms with E-state index in [2.05, 4.69) is 15.5 Å². The maximum Gasteiger partial charge on any atom is 0.416 e. The van der Waals surface area contributed by atoms with Crippen LogP contribution in [-0.2, 0) is 18.5 Å². The van der Waals surface area contributed by atoms with Crippen LogP contribution < -0.4 is 0 Å². The number of hydrogen-bond donors (Lipinski definition) is 0. The predicted octanol–water partition coefficient (Wildman–Crippen LogP) is 5.25. The largest absolute Gasteiger partial charge is 0.416 e. The second-order valence-electron chi connectivity index (χ2n) is 7.44. The standard InChI is InChI=1S/C24H20F3N5OS/c1-31(15-17-9-5-7-13-20(17)24(25,26)27)23(33)19-12-6-8-14-21(19)34-16-22-28-29-30-32(22)18-10-3-2-4-11-18/h2-14H,15-16H2,1H3. The fourth-order valence-electron chi connectivity index (χ4n) is 3.44. The van der Waals surface area contributed by atoms with Crippen LogP contribution >= 0.6 is 11.8 Å². The van der Waals surface area contributed by atoms with Crippen LogP contribution in [0.15, 0.2) is 83.8 Å². The zero-order chi connectivity index (χ0) is 24.1. The summed E-state index contributed by atoms with van der Waals surface area (Å²) in [6.45, 7) is -0.167. The van der Waals surface area contributed by atoms with E-state index in [1.165, 1.54) is 41.9 Å². The number of aromatic nitrogens is 4. The maximum absolute atomic E-state index is 13.4. The fourth-order valence-corrected chi connectivity index (χ4v) is 4.39. The molecule has 0 fully saturated rings. The minimum absolute atomic E-state index is 0.0398. The van der Waals surface area contributed by atoms with Crippen LogP contribution in [0, 0.1) is 0 Å². The molecule has 0 N–H and O–H groups in total. The van der Waals surface area contributed by atoms with Crippen LogP contribution in [0.1, 0.15) is 27.3 Å². The fraction of sp³-hybridized carbons (Fsp3) is 0.167. The number of alkyl halides is 3. The van der Waals surface area contributed by atoms with Crippen molar-refractivity contribution in [2.24, 2.45) is 0 Å². The number of para-hydroxylation sites is 1. The van der Waals surface area contributed by atoms with Gasteiger partial charge in [-0.15, -0.1) is 16.9 Å². The molecule has 0 radical (unpaired) electrons. The van der Waals surface area contributed by atoms with Crippen LogP contribution in [-0.4, -0.2) is 38.1 Å². The summed E-state index contributed by atoms with van der Waals surface area (Å²) in [5.41, 5.74) is 0.511. The number of rotatable bonds is 7. The Labute approximate surface area is 198 Å². The summed E-state index contributed by atoms with van der Waals surface area (Å²) in [6, 6.07) is 21.7. The first-order valence-electron chi connectivity index (χ1n) is 10.3. The Bertz CT molecular complexity index is 1280. The highest BCUT2D eigenvalue weighted by molar-refractivity contribution is 7.98. The van der Waals surface area contributed by atoms with Gasteiger partial charge in [-0.3, -0.25) is 4.79 Å². The highest BCUT2D eigenvalue weighted by atomic mass is 32.2. The number of carbonyl (C=O) groups excluding carboxylic acids is 1. The van der Waals surface area contributed by atoms with Crippen molar-refractivity contribution in [3.05, 3.63) is 101 Å². The van der Waals surface area contributed by atoms with Gasteiger partial charge in [0.05, 0.1) is 22.6 Å². The van der Waals surface area contributed by atoms with E-state index >= 15 is 0 Å². The van der Waals surface area contributed by atoms with Gasteiger partial charge in [0.1, 0.15) is 0 Å². The summed E-state index contributed by atoms with van der Waals surface area (Å²) >= 11 is 1.38. The minimum Gasteiger partial charge on any atom is -0.337 e. The molecule has 34 heavy (non-hydrogen) atoms. The van der Waals surface area contributed by atoms with Crippen molar-refractivity contribution in [2.75, 3.05) is 7.05 Å². The third-order valence-electron chi connectivity index (χ3n) is 5.09. The topological polar surface area (TPSA) is 63.9 Å². The highest BCUT2D eigenvalue weighted by Gasteiger charge is 2.33. The Kier molecular flexibility index (Phi) is 6.97. The van der Waals surface area contributed by atoms with Gasteiger partial charge in [-0.05, 0) is 46.3 Å². The molecule has 4 aromatic rings. The van der Waals surface area contributed by atoms with Gasteiger partial charge in [0.2, 0.25) is 0 Å². The molecular formula is C24H20F3N5OS. The van der Waals surface area contributed by atoms with E-state index < -0.39 is 11.7 Å². The third-order valence-corrected chi connectivity index (χ3v) is 6.16. The van der Waals surface area contributed by atoms with Gasteiger partial charge < -0.3 is 4.90 Å². The van der Waals surface area contributed by atoms with Crippen molar-refractivity contribution >= 4 is 17.7 Å². The summed E-state index contributed by atoms with van der Waals surface area (Å²) in [4.78, 5) is 15.1. The van der Waals surface area contributed by atoms with Gasteiger partial charge in [-0.2, -0.15) is 17.9 Å². The zero-order valence-corrected chi connectivity index (χ0v) is 18.9. The lowest BCUT2D eigenvalue weighted by atomic mass is 10.1. The number of hydrogen-bond acceptors (Lipinski definition) is 5. The Morgan fingerprint density at radius 3 is 2.41 bits per heavy atom. The molecule has 0 aliphatic carbocycles. The number of carbonyl (C=O) groups is 1. The van der Waals surface area contributed by atoms with Crippen LogP contribution in [0.4, 0.5) is 13.2 Å². The minimum atomic E-state index is -4.49. The molecule has 4 rings (SSSR count). The molecule has 0 saturated carbocycles. The van der Waals surface area contributed by atoms with E-state index in [1.54, 1.807) is 28.9 Å². The van der Waals surface area contributed by atoms with Gasteiger partial charge in [0.15, 0.2) is 5.82 Å². The van der Waals surface area contributed by atoms with Gasteiger partial charge in [0.25, 0.3) is 5.91 Å². The molecule has 0 aliphatic rings. The Morgan fingerprint density at radius 2 is 1.65 bits per heavy atom. The lowest BCUT2D eigenvalue weighted by Crippen LogP contribution is -2.28. The molecule has 1 aromatic heterocycles. The van der Waals surface area contributed by atoms with Crippen LogP contribution in [0.5, 0.6) is 0 Å². The maximum atomic E-state index is 13.4. The van der Waals surface area contributed by atoms with E-state index in [0.717, 1.165) is 11.8 Å². The van der Waals surface area contributed by atoms with Gasteiger partial charge >= 0.3 is 6.18 Å². The molecule has 0 saturated heterocycles. The zero-order valence-electron chi connectivity index (χ0n) is 18.1. The van der Waals surface area contributed by atoms with E-state index in [9.17, 15) is 18.0 Å².